The molecule has 5 nitrogen and oxygen atoms in total. The lowest BCUT2D eigenvalue weighted by Gasteiger charge is -2.14. The van der Waals surface area contributed by atoms with Gasteiger partial charge in [0, 0.05) is 12.0 Å². The Morgan fingerprint density at radius 1 is 1.32 bits per heavy atom. The first-order valence-electron chi connectivity index (χ1n) is 8.49. The number of carboxylic acid groups (broad SMARTS) is 1. The van der Waals surface area contributed by atoms with Crippen LogP contribution < -0.4 is 4.74 Å². The molecule has 3 rings (SSSR count). The lowest BCUT2D eigenvalue weighted by molar-refractivity contribution is -0.136. The molecule has 0 aliphatic carbocycles. The van der Waals surface area contributed by atoms with E-state index in [1.165, 1.54) is 11.3 Å². The molecule has 2 aromatic heterocycles. The normalized spacial score (nSPS) is 11.0. The Morgan fingerprint density at radius 2 is 2.11 bits per heavy atom. The van der Waals surface area contributed by atoms with E-state index in [9.17, 15) is 9.18 Å². The summed E-state index contributed by atoms with van der Waals surface area (Å²) in [5.74, 6) is -0.147. The molecule has 0 amide bonds. The second kappa shape index (κ2) is 8.98. The van der Waals surface area contributed by atoms with Crippen molar-refractivity contribution in [3.63, 3.8) is 0 Å². The SMILES string of the molecule is Cc1c(CCC(=O)O)ccc(OCc2c(-c3ncc(Cl)s3)nsc2CF)c1C. The molecule has 0 atom stereocenters. The van der Waals surface area contributed by atoms with E-state index in [0.717, 1.165) is 28.2 Å². The van der Waals surface area contributed by atoms with Gasteiger partial charge in [0.15, 0.2) is 0 Å². The van der Waals surface area contributed by atoms with E-state index in [1.54, 1.807) is 6.20 Å². The van der Waals surface area contributed by atoms with Crippen molar-refractivity contribution in [3.8, 4) is 16.5 Å². The van der Waals surface area contributed by atoms with Crippen LogP contribution in [0, 0.1) is 13.8 Å². The third-order valence-electron chi connectivity index (χ3n) is 4.50. The van der Waals surface area contributed by atoms with Crippen molar-refractivity contribution in [1.82, 2.24) is 9.36 Å². The molecule has 0 radical (unpaired) electrons. The maximum absolute atomic E-state index is 13.4. The Labute approximate surface area is 174 Å². The van der Waals surface area contributed by atoms with Gasteiger partial charge in [-0.2, -0.15) is 4.37 Å². The first-order chi connectivity index (χ1) is 13.4. The summed E-state index contributed by atoms with van der Waals surface area (Å²) in [5, 5.41) is 9.51. The fourth-order valence-corrected chi connectivity index (χ4v) is 4.50. The zero-order valence-electron chi connectivity index (χ0n) is 15.3. The average molecular weight is 441 g/mol. The van der Waals surface area contributed by atoms with Crippen LogP contribution in [0.4, 0.5) is 4.39 Å². The largest absolute Gasteiger partial charge is 0.488 e. The van der Waals surface area contributed by atoms with Crippen LogP contribution in [-0.4, -0.2) is 20.4 Å². The van der Waals surface area contributed by atoms with E-state index in [0.29, 0.717) is 37.6 Å². The van der Waals surface area contributed by atoms with Crippen LogP contribution in [0.2, 0.25) is 4.34 Å². The predicted octanol–water partition coefficient (Wildman–Crippen LogP) is 5.60. The van der Waals surface area contributed by atoms with Gasteiger partial charge < -0.3 is 9.84 Å². The van der Waals surface area contributed by atoms with Gasteiger partial charge in [0.2, 0.25) is 0 Å². The number of alkyl halides is 1. The van der Waals surface area contributed by atoms with Gasteiger partial charge in [-0.15, -0.1) is 11.3 Å². The van der Waals surface area contributed by atoms with Crippen LogP contribution in [0.5, 0.6) is 5.75 Å². The van der Waals surface area contributed by atoms with Crippen molar-refractivity contribution in [2.45, 2.75) is 40.0 Å². The molecule has 9 heteroatoms. The maximum atomic E-state index is 13.4. The van der Waals surface area contributed by atoms with Crippen molar-refractivity contribution in [3.05, 3.63) is 49.8 Å². The summed E-state index contributed by atoms with van der Waals surface area (Å²) in [6, 6.07) is 3.71. The number of carboxylic acids is 1. The Bertz CT molecular complexity index is 1000. The number of thiazole rings is 1. The maximum Gasteiger partial charge on any atom is 0.303 e. The number of aliphatic carboxylic acids is 1. The second-order valence-electron chi connectivity index (χ2n) is 6.19. The third-order valence-corrected chi connectivity index (χ3v) is 6.47. The van der Waals surface area contributed by atoms with Gasteiger partial charge in [0.05, 0.1) is 11.1 Å². The lowest BCUT2D eigenvalue weighted by atomic mass is 9.99. The van der Waals surface area contributed by atoms with Crippen molar-refractivity contribution in [1.29, 1.82) is 0 Å². The molecule has 0 bridgehead atoms. The van der Waals surface area contributed by atoms with E-state index in [-0.39, 0.29) is 13.0 Å². The number of benzene rings is 1. The van der Waals surface area contributed by atoms with Crippen LogP contribution >= 0.6 is 34.5 Å². The predicted molar refractivity (Wildman–Crippen MR) is 109 cm³/mol. The molecule has 1 aromatic carbocycles. The molecule has 0 unspecified atom stereocenters. The van der Waals surface area contributed by atoms with E-state index >= 15 is 0 Å². The van der Waals surface area contributed by atoms with Crippen molar-refractivity contribution < 1.29 is 19.0 Å². The van der Waals surface area contributed by atoms with E-state index in [2.05, 4.69) is 9.36 Å². The molecule has 1 N–H and O–H groups in total. The Hall–Kier alpha value is -2.03. The molecular weight excluding hydrogens is 423 g/mol. The van der Waals surface area contributed by atoms with E-state index in [4.69, 9.17) is 21.4 Å². The summed E-state index contributed by atoms with van der Waals surface area (Å²) < 4.78 is 24.3. The summed E-state index contributed by atoms with van der Waals surface area (Å²) in [4.78, 5) is 15.5. The highest BCUT2D eigenvalue weighted by Gasteiger charge is 2.19. The number of ether oxygens (including phenoxy) is 1. The third kappa shape index (κ3) is 4.51. The van der Waals surface area contributed by atoms with Gasteiger partial charge in [-0.25, -0.2) is 9.37 Å². The summed E-state index contributed by atoms with van der Waals surface area (Å²) in [6.45, 7) is 3.42. The summed E-state index contributed by atoms with van der Waals surface area (Å²) in [5.41, 5.74) is 4.19. The zero-order valence-corrected chi connectivity index (χ0v) is 17.7. The number of aromatic nitrogens is 2. The molecular formula is C19H18ClFN2O3S2. The minimum Gasteiger partial charge on any atom is -0.488 e. The van der Waals surface area contributed by atoms with Crippen LogP contribution in [0.1, 0.15) is 33.6 Å². The highest BCUT2D eigenvalue weighted by molar-refractivity contribution is 7.19. The Kier molecular flexibility index (Phi) is 6.64. The minimum absolute atomic E-state index is 0.0840. The number of rotatable bonds is 8. The van der Waals surface area contributed by atoms with Gasteiger partial charge in [0.25, 0.3) is 0 Å². The zero-order chi connectivity index (χ0) is 20.3. The number of hydrogen-bond acceptors (Lipinski definition) is 6. The fourth-order valence-electron chi connectivity index (χ4n) is 2.80. The standard InChI is InChI=1S/C19H18ClFN2O3S2/c1-10-11(2)14(5-3-12(10)4-6-17(24)25)26-9-13-15(7-21)28-23-18(13)19-22-8-16(20)27-19/h3,5,8H,4,6-7,9H2,1-2H3,(H,24,25). The highest BCUT2D eigenvalue weighted by Crippen LogP contribution is 2.35. The number of carbonyl (C=O) groups is 1. The highest BCUT2D eigenvalue weighted by atomic mass is 35.5. The average Bonchev–Trinajstić information content (AvgIpc) is 3.27. The van der Waals surface area contributed by atoms with E-state index in [1.807, 2.05) is 26.0 Å². The molecule has 0 fully saturated rings. The topological polar surface area (TPSA) is 72.3 Å². The molecule has 28 heavy (non-hydrogen) atoms. The minimum atomic E-state index is -0.823. The van der Waals surface area contributed by atoms with Crippen molar-refractivity contribution in [2.75, 3.05) is 0 Å². The van der Waals surface area contributed by atoms with Crippen molar-refractivity contribution >= 4 is 40.4 Å². The van der Waals surface area contributed by atoms with Crippen LogP contribution in [0.25, 0.3) is 10.7 Å². The quantitative estimate of drug-likeness (QED) is 0.493. The molecule has 0 spiro atoms. The molecule has 0 aliphatic rings. The van der Waals surface area contributed by atoms with Crippen LogP contribution in [0.3, 0.4) is 0 Å². The molecule has 0 saturated heterocycles. The first kappa shape index (κ1) is 20.7. The summed E-state index contributed by atoms with van der Waals surface area (Å²) in [6.07, 6.45) is 2.10. The summed E-state index contributed by atoms with van der Waals surface area (Å²) >= 11 is 8.35. The fraction of sp³-hybridized carbons (Fsp3) is 0.316. The smallest absolute Gasteiger partial charge is 0.303 e. The monoisotopic (exact) mass is 440 g/mol. The molecule has 2 heterocycles. The van der Waals surface area contributed by atoms with Gasteiger partial charge in [0.1, 0.15) is 34.1 Å². The van der Waals surface area contributed by atoms with Gasteiger partial charge in [-0.3, -0.25) is 4.79 Å². The number of hydrogen-bond donors (Lipinski definition) is 1. The Morgan fingerprint density at radius 3 is 2.75 bits per heavy atom. The molecule has 3 aromatic rings. The van der Waals surface area contributed by atoms with Crippen LogP contribution in [-0.2, 0) is 24.5 Å². The lowest BCUT2D eigenvalue weighted by Crippen LogP contribution is -2.03. The van der Waals surface area contributed by atoms with Gasteiger partial charge in [-0.05, 0) is 54.6 Å². The summed E-state index contributed by atoms with van der Waals surface area (Å²) in [7, 11) is 0. The van der Waals surface area contributed by atoms with Crippen molar-refractivity contribution in [2.24, 2.45) is 0 Å². The number of aryl methyl sites for hydroxylation is 1. The Balaban J connectivity index is 1.82. The second-order valence-corrected chi connectivity index (χ2v) is 8.71. The number of nitrogens with zero attached hydrogens (tertiary/aromatic N) is 2. The molecule has 148 valence electrons. The first-order valence-corrected chi connectivity index (χ1v) is 10.5. The number of halogens is 2. The van der Waals surface area contributed by atoms with E-state index < -0.39 is 12.6 Å². The van der Waals surface area contributed by atoms with Crippen LogP contribution in [0.15, 0.2) is 18.3 Å². The van der Waals surface area contributed by atoms with Gasteiger partial charge >= 0.3 is 5.97 Å². The molecule has 0 aliphatic heterocycles. The van der Waals surface area contributed by atoms with Gasteiger partial charge in [-0.1, -0.05) is 17.7 Å². The molecule has 0 saturated carbocycles.